The Balaban J connectivity index is 1.48. The van der Waals surface area contributed by atoms with E-state index < -0.39 is 44.6 Å². The normalized spacial score (nSPS) is 14.4. The average molecular weight is 533 g/mol. The zero-order valence-electron chi connectivity index (χ0n) is 18.2. The standard InChI is InChI=1S/C22H17F6N3O4S/c23-21(24,25)12-36(33,34)20-29-10-17(30-20)19(32)31-9-8-16-13(11-31)2-1-3-18(16)35-15-6-4-14(5-7-15)22(26,27)28/h1-7,10H,8-9,11-12H2,(H,29,30). The highest BCUT2D eigenvalue weighted by Crippen LogP contribution is 2.34. The van der Waals surface area contributed by atoms with E-state index in [1.54, 1.807) is 18.2 Å². The van der Waals surface area contributed by atoms with Gasteiger partial charge in [0.1, 0.15) is 17.2 Å². The fourth-order valence-corrected chi connectivity index (χ4v) is 4.74. The van der Waals surface area contributed by atoms with Crippen LogP contribution in [0.25, 0.3) is 0 Å². The fraction of sp³-hybridized carbons (Fsp3) is 0.273. The maximum absolute atomic E-state index is 12.8. The van der Waals surface area contributed by atoms with Gasteiger partial charge in [0.2, 0.25) is 15.0 Å². The van der Waals surface area contributed by atoms with Gasteiger partial charge < -0.3 is 14.6 Å². The summed E-state index contributed by atoms with van der Waals surface area (Å²) in [5, 5.41) is -0.951. The highest BCUT2D eigenvalue weighted by molar-refractivity contribution is 7.91. The summed E-state index contributed by atoms with van der Waals surface area (Å²) in [7, 11) is -4.80. The minimum absolute atomic E-state index is 0.0792. The third-order valence-electron chi connectivity index (χ3n) is 5.34. The average Bonchev–Trinajstić information content (AvgIpc) is 3.28. The van der Waals surface area contributed by atoms with Gasteiger partial charge in [-0.1, -0.05) is 12.1 Å². The van der Waals surface area contributed by atoms with Crippen molar-refractivity contribution in [3.63, 3.8) is 0 Å². The van der Waals surface area contributed by atoms with Gasteiger partial charge in [0.25, 0.3) is 5.91 Å². The number of imidazole rings is 1. The van der Waals surface area contributed by atoms with Crippen LogP contribution in [0.5, 0.6) is 11.5 Å². The lowest BCUT2D eigenvalue weighted by molar-refractivity contribution is -0.137. The Morgan fingerprint density at radius 1 is 1.06 bits per heavy atom. The Bertz CT molecular complexity index is 1380. The van der Waals surface area contributed by atoms with E-state index >= 15 is 0 Å². The number of rotatable bonds is 5. The Hall–Kier alpha value is -3.55. The summed E-state index contributed by atoms with van der Waals surface area (Å²) >= 11 is 0. The number of halogens is 6. The molecule has 1 aromatic heterocycles. The molecule has 14 heteroatoms. The monoisotopic (exact) mass is 533 g/mol. The number of aromatic amines is 1. The number of fused-ring (bicyclic) bond motifs is 1. The van der Waals surface area contributed by atoms with Crippen LogP contribution in [-0.4, -0.2) is 47.7 Å². The van der Waals surface area contributed by atoms with E-state index in [0.29, 0.717) is 17.7 Å². The SMILES string of the molecule is O=C(c1c[nH]c(S(=O)(=O)CC(F)(F)F)n1)N1CCc2c(cccc2Oc2ccc(C(F)(F)F)cc2)C1. The number of carbonyl (C=O) groups excluding carboxylic acids is 1. The summed E-state index contributed by atoms with van der Waals surface area (Å²) in [6, 6.07) is 9.20. The van der Waals surface area contributed by atoms with Crippen LogP contribution in [0.2, 0.25) is 0 Å². The summed E-state index contributed by atoms with van der Waals surface area (Å²) in [5.41, 5.74) is 0.250. The predicted molar refractivity (Wildman–Crippen MR) is 113 cm³/mol. The Morgan fingerprint density at radius 3 is 2.39 bits per heavy atom. The highest BCUT2D eigenvalue weighted by Gasteiger charge is 2.38. The van der Waals surface area contributed by atoms with Gasteiger partial charge in [0.15, 0.2) is 5.75 Å². The quantitative estimate of drug-likeness (QED) is 0.478. The van der Waals surface area contributed by atoms with Gasteiger partial charge in [0.05, 0.1) is 5.56 Å². The summed E-state index contributed by atoms with van der Waals surface area (Å²) < 4.78 is 105. The smallest absolute Gasteiger partial charge is 0.416 e. The second-order valence-electron chi connectivity index (χ2n) is 7.96. The Morgan fingerprint density at radius 2 is 1.75 bits per heavy atom. The molecule has 1 aliphatic rings. The second kappa shape index (κ2) is 9.15. The van der Waals surface area contributed by atoms with Gasteiger partial charge in [-0.15, -0.1) is 0 Å². The topological polar surface area (TPSA) is 92.4 Å². The maximum atomic E-state index is 12.8. The third-order valence-corrected chi connectivity index (χ3v) is 6.85. The minimum atomic E-state index is -4.97. The molecule has 4 rings (SSSR count). The first-order chi connectivity index (χ1) is 16.7. The van der Waals surface area contributed by atoms with Crippen molar-refractivity contribution in [2.45, 2.75) is 30.5 Å². The molecule has 2 heterocycles. The number of ether oxygens (including phenoxy) is 1. The lowest BCUT2D eigenvalue weighted by Gasteiger charge is -2.29. The number of nitrogens with zero attached hydrogens (tertiary/aromatic N) is 2. The highest BCUT2D eigenvalue weighted by atomic mass is 32.2. The number of carbonyl (C=O) groups is 1. The molecule has 0 spiro atoms. The first kappa shape index (κ1) is 25.5. The molecule has 1 aliphatic heterocycles. The van der Waals surface area contributed by atoms with E-state index in [4.69, 9.17) is 4.74 Å². The van der Waals surface area contributed by atoms with Gasteiger partial charge >= 0.3 is 12.4 Å². The molecule has 0 bridgehead atoms. The Labute approximate surface area is 200 Å². The lowest BCUT2D eigenvalue weighted by atomic mass is 9.98. The molecule has 7 nitrogen and oxygen atoms in total. The minimum Gasteiger partial charge on any atom is -0.457 e. The molecular formula is C22H17F6N3O4S. The van der Waals surface area contributed by atoms with Crippen LogP contribution in [0.1, 0.15) is 27.2 Å². The summed E-state index contributed by atoms with van der Waals surface area (Å²) in [4.78, 5) is 19.9. The molecule has 0 unspecified atom stereocenters. The van der Waals surface area contributed by atoms with Gasteiger partial charge in [-0.25, -0.2) is 13.4 Å². The van der Waals surface area contributed by atoms with Gasteiger partial charge in [-0.3, -0.25) is 4.79 Å². The van der Waals surface area contributed by atoms with Crippen molar-refractivity contribution in [3.8, 4) is 11.5 Å². The van der Waals surface area contributed by atoms with Crippen LogP contribution in [0, 0.1) is 0 Å². The van der Waals surface area contributed by atoms with Crippen molar-refractivity contribution in [1.29, 1.82) is 0 Å². The molecule has 36 heavy (non-hydrogen) atoms. The van der Waals surface area contributed by atoms with Crippen molar-refractivity contribution in [1.82, 2.24) is 14.9 Å². The van der Waals surface area contributed by atoms with Crippen LogP contribution >= 0.6 is 0 Å². The van der Waals surface area contributed by atoms with Crippen molar-refractivity contribution in [2.24, 2.45) is 0 Å². The molecule has 0 saturated carbocycles. The summed E-state index contributed by atoms with van der Waals surface area (Å²) in [5.74, 6) is -2.20. The zero-order valence-corrected chi connectivity index (χ0v) is 19.0. The molecular weight excluding hydrogens is 516 g/mol. The van der Waals surface area contributed by atoms with Crippen LogP contribution in [0.3, 0.4) is 0 Å². The third kappa shape index (κ3) is 5.64. The van der Waals surface area contributed by atoms with Crippen LogP contribution in [-0.2, 0) is 29.0 Å². The second-order valence-corrected chi connectivity index (χ2v) is 9.86. The molecule has 0 radical (unpaired) electrons. The summed E-state index contributed by atoms with van der Waals surface area (Å²) in [6.07, 6.45) is -8.20. The fourth-order valence-electron chi connectivity index (χ4n) is 3.70. The van der Waals surface area contributed by atoms with Crippen LogP contribution in [0.15, 0.2) is 53.8 Å². The predicted octanol–water partition coefficient (Wildman–Crippen LogP) is 4.76. The van der Waals surface area contributed by atoms with E-state index in [1.807, 2.05) is 0 Å². The van der Waals surface area contributed by atoms with Gasteiger partial charge in [0, 0.05) is 24.8 Å². The van der Waals surface area contributed by atoms with Crippen LogP contribution < -0.4 is 4.74 Å². The molecule has 1 amide bonds. The number of benzene rings is 2. The van der Waals surface area contributed by atoms with Crippen molar-refractivity contribution >= 4 is 15.7 Å². The number of hydrogen-bond acceptors (Lipinski definition) is 5. The molecule has 2 aromatic carbocycles. The van der Waals surface area contributed by atoms with Crippen molar-refractivity contribution in [3.05, 3.63) is 71.0 Å². The van der Waals surface area contributed by atoms with Crippen molar-refractivity contribution < 1.29 is 44.3 Å². The maximum Gasteiger partial charge on any atom is 0.416 e. The summed E-state index contributed by atoms with van der Waals surface area (Å²) in [6.45, 7) is 0.243. The Kier molecular flexibility index (Phi) is 6.49. The van der Waals surface area contributed by atoms with E-state index in [9.17, 15) is 39.6 Å². The number of alkyl halides is 6. The van der Waals surface area contributed by atoms with E-state index in [2.05, 4.69) is 9.97 Å². The number of amides is 1. The van der Waals surface area contributed by atoms with Crippen molar-refractivity contribution in [2.75, 3.05) is 12.3 Å². The van der Waals surface area contributed by atoms with E-state index in [0.717, 1.165) is 23.9 Å². The molecule has 0 aliphatic carbocycles. The molecule has 0 saturated heterocycles. The van der Waals surface area contributed by atoms with E-state index in [1.165, 1.54) is 17.0 Å². The molecule has 192 valence electrons. The first-order valence-corrected chi connectivity index (χ1v) is 12.0. The molecule has 1 N–H and O–H groups in total. The van der Waals surface area contributed by atoms with Crippen LogP contribution in [0.4, 0.5) is 26.3 Å². The number of nitrogens with one attached hydrogen (secondary N) is 1. The van der Waals surface area contributed by atoms with Gasteiger partial charge in [-0.05, 0) is 42.3 Å². The number of aromatic nitrogens is 2. The number of hydrogen-bond donors (Lipinski definition) is 1. The largest absolute Gasteiger partial charge is 0.457 e. The number of H-pyrrole nitrogens is 1. The van der Waals surface area contributed by atoms with Gasteiger partial charge in [-0.2, -0.15) is 26.3 Å². The number of sulfone groups is 1. The lowest BCUT2D eigenvalue weighted by Crippen LogP contribution is -2.36. The zero-order chi connectivity index (χ0) is 26.3. The molecule has 0 atom stereocenters. The first-order valence-electron chi connectivity index (χ1n) is 10.3. The molecule has 0 fully saturated rings. The van der Waals surface area contributed by atoms with E-state index in [-0.39, 0.29) is 24.5 Å². The molecule has 3 aromatic rings.